The molecular formula is C17H25NO3. The SMILES string of the molecule is CCCCN(C)C(=O)/C(C)=C/c1ccc(OC)c(OC)c1. The molecule has 0 saturated carbocycles. The van der Waals surface area contributed by atoms with Gasteiger partial charge in [0.05, 0.1) is 14.2 Å². The lowest BCUT2D eigenvalue weighted by Gasteiger charge is -2.17. The van der Waals surface area contributed by atoms with Gasteiger partial charge in [0.2, 0.25) is 5.91 Å². The number of carbonyl (C=O) groups excluding carboxylic acids is 1. The summed E-state index contributed by atoms with van der Waals surface area (Å²) in [5, 5.41) is 0. The molecule has 0 aromatic heterocycles. The van der Waals surface area contributed by atoms with Gasteiger partial charge in [-0.1, -0.05) is 19.4 Å². The van der Waals surface area contributed by atoms with E-state index in [4.69, 9.17) is 9.47 Å². The van der Waals surface area contributed by atoms with Crippen molar-refractivity contribution < 1.29 is 14.3 Å². The Morgan fingerprint density at radius 2 is 1.90 bits per heavy atom. The molecule has 0 atom stereocenters. The summed E-state index contributed by atoms with van der Waals surface area (Å²) in [6.45, 7) is 4.73. The summed E-state index contributed by atoms with van der Waals surface area (Å²) in [5.41, 5.74) is 1.63. The van der Waals surface area contributed by atoms with E-state index in [0.29, 0.717) is 17.1 Å². The molecule has 1 rings (SSSR count). The summed E-state index contributed by atoms with van der Waals surface area (Å²) >= 11 is 0. The predicted octanol–water partition coefficient (Wildman–Crippen LogP) is 3.37. The highest BCUT2D eigenvalue weighted by atomic mass is 16.5. The lowest BCUT2D eigenvalue weighted by Crippen LogP contribution is -2.28. The normalized spacial score (nSPS) is 11.2. The number of benzene rings is 1. The number of carbonyl (C=O) groups is 1. The predicted molar refractivity (Wildman–Crippen MR) is 85.7 cm³/mol. The highest BCUT2D eigenvalue weighted by Gasteiger charge is 2.11. The molecule has 0 fully saturated rings. The van der Waals surface area contributed by atoms with Crippen molar-refractivity contribution in [1.29, 1.82) is 0 Å². The average Bonchev–Trinajstić information content (AvgIpc) is 2.51. The first kappa shape index (κ1) is 17.1. The minimum atomic E-state index is 0.0539. The van der Waals surface area contributed by atoms with Crippen LogP contribution in [0.5, 0.6) is 11.5 Å². The molecule has 0 aliphatic rings. The molecule has 0 saturated heterocycles. The monoisotopic (exact) mass is 291 g/mol. The van der Waals surface area contributed by atoms with Gasteiger partial charge in [0.25, 0.3) is 0 Å². The molecule has 0 N–H and O–H groups in total. The van der Waals surface area contributed by atoms with E-state index in [9.17, 15) is 4.79 Å². The number of likely N-dealkylation sites (N-methyl/N-ethyl adjacent to an activating group) is 1. The van der Waals surface area contributed by atoms with Crippen LogP contribution in [0.3, 0.4) is 0 Å². The molecule has 0 aliphatic carbocycles. The summed E-state index contributed by atoms with van der Waals surface area (Å²) in [7, 11) is 5.04. The highest BCUT2D eigenvalue weighted by molar-refractivity contribution is 5.97. The van der Waals surface area contributed by atoms with Crippen molar-refractivity contribution in [3.63, 3.8) is 0 Å². The molecule has 1 aromatic rings. The topological polar surface area (TPSA) is 38.8 Å². The van der Waals surface area contributed by atoms with Crippen LogP contribution >= 0.6 is 0 Å². The zero-order chi connectivity index (χ0) is 15.8. The molecule has 1 amide bonds. The fraction of sp³-hybridized carbons (Fsp3) is 0.471. The van der Waals surface area contributed by atoms with Gasteiger partial charge in [0, 0.05) is 19.2 Å². The number of ether oxygens (including phenoxy) is 2. The van der Waals surface area contributed by atoms with E-state index >= 15 is 0 Å². The van der Waals surface area contributed by atoms with Crippen LogP contribution in [0.25, 0.3) is 6.08 Å². The number of nitrogens with zero attached hydrogens (tertiary/aromatic N) is 1. The number of amides is 1. The van der Waals surface area contributed by atoms with Gasteiger partial charge in [-0.2, -0.15) is 0 Å². The molecule has 4 heteroatoms. The van der Waals surface area contributed by atoms with Gasteiger partial charge in [0.15, 0.2) is 11.5 Å². The van der Waals surface area contributed by atoms with Crippen LogP contribution in [0.15, 0.2) is 23.8 Å². The quantitative estimate of drug-likeness (QED) is 0.723. The van der Waals surface area contributed by atoms with Crippen molar-refractivity contribution in [3.8, 4) is 11.5 Å². The van der Waals surface area contributed by atoms with Crippen LogP contribution < -0.4 is 9.47 Å². The van der Waals surface area contributed by atoms with Crippen LogP contribution in [0.1, 0.15) is 32.3 Å². The van der Waals surface area contributed by atoms with Crippen molar-refractivity contribution >= 4 is 12.0 Å². The third-order valence-corrected chi connectivity index (χ3v) is 3.32. The maximum absolute atomic E-state index is 12.2. The van der Waals surface area contributed by atoms with Crippen LogP contribution in [0, 0.1) is 0 Å². The van der Waals surface area contributed by atoms with Crippen molar-refractivity contribution in [2.75, 3.05) is 27.8 Å². The second-order valence-electron chi connectivity index (χ2n) is 5.02. The lowest BCUT2D eigenvalue weighted by molar-refractivity contribution is -0.125. The second-order valence-corrected chi connectivity index (χ2v) is 5.02. The third-order valence-electron chi connectivity index (χ3n) is 3.32. The number of unbranched alkanes of at least 4 members (excludes halogenated alkanes) is 1. The van der Waals surface area contributed by atoms with Gasteiger partial charge in [-0.05, 0) is 37.1 Å². The summed E-state index contributed by atoms with van der Waals surface area (Å²) in [4.78, 5) is 14.0. The lowest BCUT2D eigenvalue weighted by atomic mass is 10.1. The highest BCUT2D eigenvalue weighted by Crippen LogP contribution is 2.28. The van der Waals surface area contributed by atoms with Gasteiger partial charge >= 0.3 is 0 Å². The van der Waals surface area contributed by atoms with Crippen LogP contribution in [0.2, 0.25) is 0 Å². The molecule has 0 heterocycles. The van der Waals surface area contributed by atoms with E-state index in [2.05, 4.69) is 6.92 Å². The number of hydrogen-bond acceptors (Lipinski definition) is 3. The molecule has 0 aliphatic heterocycles. The number of methoxy groups -OCH3 is 2. The second kappa shape index (κ2) is 8.35. The smallest absolute Gasteiger partial charge is 0.249 e. The van der Waals surface area contributed by atoms with E-state index in [0.717, 1.165) is 24.9 Å². The largest absolute Gasteiger partial charge is 0.493 e. The first-order valence-corrected chi connectivity index (χ1v) is 7.19. The fourth-order valence-electron chi connectivity index (χ4n) is 2.05. The Labute approximate surface area is 127 Å². The molecular weight excluding hydrogens is 266 g/mol. The van der Waals surface area contributed by atoms with Crippen molar-refractivity contribution in [2.24, 2.45) is 0 Å². The molecule has 116 valence electrons. The Balaban J connectivity index is 2.88. The van der Waals surface area contributed by atoms with Crippen LogP contribution in [-0.2, 0) is 4.79 Å². The molecule has 4 nitrogen and oxygen atoms in total. The first-order valence-electron chi connectivity index (χ1n) is 7.19. The standard InChI is InChI=1S/C17H25NO3/c1-6-7-10-18(3)17(19)13(2)11-14-8-9-15(20-4)16(12-14)21-5/h8-9,11-12H,6-7,10H2,1-5H3/b13-11+. The zero-order valence-electron chi connectivity index (χ0n) is 13.6. The molecule has 0 spiro atoms. The van der Waals surface area contributed by atoms with Crippen molar-refractivity contribution in [3.05, 3.63) is 29.3 Å². The van der Waals surface area contributed by atoms with E-state index < -0.39 is 0 Å². The maximum atomic E-state index is 12.2. The number of rotatable bonds is 7. The van der Waals surface area contributed by atoms with Crippen LogP contribution in [0.4, 0.5) is 0 Å². The molecule has 21 heavy (non-hydrogen) atoms. The maximum Gasteiger partial charge on any atom is 0.249 e. The molecule has 1 aromatic carbocycles. The average molecular weight is 291 g/mol. The minimum absolute atomic E-state index is 0.0539. The van der Waals surface area contributed by atoms with Gasteiger partial charge in [-0.3, -0.25) is 4.79 Å². The van der Waals surface area contributed by atoms with Crippen LogP contribution in [-0.4, -0.2) is 38.6 Å². The minimum Gasteiger partial charge on any atom is -0.493 e. The Morgan fingerprint density at radius 3 is 2.48 bits per heavy atom. The summed E-state index contributed by atoms with van der Waals surface area (Å²) in [5.74, 6) is 1.39. The Morgan fingerprint density at radius 1 is 1.24 bits per heavy atom. The Hall–Kier alpha value is -1.97. The van der Waals surface area contributed by atoms with Gasteiger partial charge in [-0.15, -0.1) is 0 Å². The van der Waals surface area contributed by atoms with Gasteiger partial charge in [-0.25, -0.2) is 0 Å². The Kier molecular flexibility index (Phi) is 6.79. The fourth-order valence-corrected chi connectivity index (χ4v) is 2.05. The summed E-state index contributed by atoms with van der Waals surface area (Å²) in [6.07, 6.45) is 3.97. The molecule has 0 unspecified atom stereocenters. The third kappa shape index (κ3) is 4.81. The van der Waals surface area contributed by atoms with E-state index in [1.807, 2.05) is 38.2 Å². The first-order chi connectivity index (χ1) is 10.0. The van der Waals surface area contributed by atoms with Gasteiger partial charge in [0.1, 0.15) is 0 Å². The van der Waals surface area contributed by atoms with Crippen molar-refractivity contribution in [2.45, 2.75) is 26.7 Å². The number of hydrogen-bond donors (Lipinski definition) is 0. The van der Waals surface area contributed by atoms with E-state index in [-0.39, 0.29) is 5.91 Å². The van der Waals surface area contributed by atoms with E-state index in [1.54, 1.807) is 19.1 Å². The molecule has 0 radical (unpaired) electrons. The summed E-state index contributed by atoms with van der Waals surface area (Å²) < 4.78 is 10.5. The molecule has 0 bridgehead atoms. The van der Waals surface area contributed by atoms with E-state index in [1.165, 1.54) is 0 Å². The van der Waals surface area contributed by atoms with Crippen molar-refractivity contribution in [1.82, 2.24) is 4.90 Å². The summed E-state index contributed by atoms with van der Waals surface area (Å²) in [6, 6.07) is 5.61. The zero-order valence-corrected chi connectivity index (χ0v) is 13.6. The van der Waals surface area contributed by atoms with Gasteiger partial charge < -0.3 is 14.4 Å². The Bertz CT molecular complexity index is 509.